The molecule has 0 atom stereocenters. The maximum Gasteiger partial charge on any atom is 0.252 e. The van der Waals surface area contributed by atoms with Crippen LogP contribution in [0.1, 0.15) is 150 Å². The lowest BCUT2D eigenvalue weighted by atomic mass is 9.33. The Morgan fingerprint density at radius 2 is 0.600 bits per heavy atom. The highest BCUT2D eigenvalue weighted by Gasteiger charge is 2.60. The van der Waals surface area contributed by atoms with Gasteiger partial charge in [-0.1, -0.05) is 229 Å². The first-order valence-electron chi connectivity index (χ1n) is 27.7. The van der Waals surface area contributed by atoms with E-state index in [4.69, 9.17) is 0 Å². The van der Waals surface area contributed by atoms with Crippen LogP contribution in [0.15, 0.2) is 152 Å². The topological polar surface area (TPSA) is 9.86 Å². The molecule has 2 aromatic heterocycles. The van der Waals surface area contributed by atoms with Gasteiger partial charge in [-0.3, -0.25) is 0 Å². The van der Waals surface area contributed by atoms with Crippen molar-refractivity contribution in [1.29, 1.82) is 0 Å². The number of fused-ring (bicyclic) bond motifs is 18. The minimum Gasteiger partial charge on any atom is -0.309 e. The van der Waals surface area contributed by atoms with Crippen LogP contribution in [0.4, 0.5) is 0 Å². The SMILES string of the molecule is CC(C)(C)c1ccc2c3c1c1c(C(C)(C)C)ccc4c1n3-c1c(cc3c5c1B2c1ccc(C(C)(C)C)c2c6c(C(C)(C)C)ccc(c6n-5c12)C31c2ccccc2-c2ccccc21)C41c2ccccc2-c2ccccc21. The Morgan fingerprint density at radius 1 is 0.307 bits per heavy atom. The summed E-state index contributed by atoms with van der Waals surface area (Å²) in [7, 11) is 0. The molecule has 4 aliphatic heterocycles. The monoisotopic (exact) mass is 964 g/mol. The third-order valence-corrected chi connectivity index (χ3v) is 19.6. The fourth-order valence-corrected chi connectivity index (χ4v) is 17.0. The van der Waals surface area contributed by atoms with Crippen molar-refractivity contribution in [3.05, 3.63) is 218 Å². The van der Waals surface area contributed by atoms with Crippen molar-refractivity contribution in [2.75, 3.05) is 0 Å². The van der Waals surface area contributed by atoms with E-state index < -0.39 is 10.8 Å². The highest BCUT2D eigenvalue weighted by molar-refractivity contribution is 7.00. The van der Waals surface area contributed by atoms with E-state index in [-0.39, 0.29) is 28.4 Å². The number of nitrogens with zero attached hydrogens (tertiary/aromatic N) is 2. The molecule has 0 saturated carbocycles. The van der Waals surface area contributed by atoms with Gasteiger partial charge in [-0.15, -0.1) is 0 Å². The van der Waals surface area contributed by atoms with Crippen molar-refractivity contribution in [1.82, 2.24) is 9.13 Å². The molecule has 2 nitrogen and oxygen atoms in total. The Hall–Kier alpha value is -7.36. The van der Waals surface area contributed by atoms with Crippen LogP contribution in [0.25, 0.3) is 77.2 Å². The van der Waals surface area contributed by atoms with Crippen molar-refractivity contribution >= 4 is 66.7 Å². The zero-order valence-electron chi connectivity index (χ0n) is 45.4. The fraction of sp³-hybridized carbons (Fsp3) is 0.250. The maximum absolute atomic E-state index is 2.87. The molecule has 362 valence electrons. The van der Waals surface area contributed by atoms with Crippen LogP contribution in [-0.4, -0.2) is 15.8 Å². The largest absolute Gasteiger partial charge is 0.309 e. The van der Waals surface area contributed by atoms with E-state index in [9.17, 15) is 0 Å². The van der Waals surface area contributed by atoms with E-state index in [0.717, 1.165) is 0 Å². The standard InChI is InChI=1S/C72H61BN2/c1-67(2,3)46-29-31-50-61-56(46)58-48(69(7,8)9)33-35-54-65(58)74(61)63-52(71(50)42-25-17-13-21-38(42)39-22-14-18-26-43(39)71)37-53-64-60(63)73(54)55-36-34-49(70(10,11)12)59-57-47(68(4,5)6)30-32-51(62(57)75(64)66(55)59)72(53)44-27-19-15-23-40(44)41-24-16-20-28-45(41)72/h13-37H,1-12H3. The van der Waals surface area contributed by atoms with Gasteiger partial charge in [0.1, 0.15) is 0 Å². The summed E-state index contributed by atoms with van der Waals surface area (Å²) in [6, 6.07) is 61.3. The van der Waals surface area contributed by atoms with Crippen molar-refractivity contribution < 1.29 is 0 Å². The van der Waals surface area contributed by atoms with Crippen molar-refractivity contribution in [3.63, 3.8) is 0 Å². The van der Waals surface area contributed by atoms with Crippen LogP contribution >= 0.6 is 0 Å². The van der Waals surface area contributed by atoms with Crippen LogP contribution in [0.5, 0.6) is 0 Å². The molecule has 0 radical (unpaired) electrons. The van der Waals surface area contributed by atoms with Gasteiger partial charge in [-0.2, -0.15) is 0 Å². The molecule has 2 aliphatic carbocycles. The third kappa shape index (κ3) is 4.50. The number of rotatable bonds is 0. The van der Waals surface area contributed by atoms with Crippen LogP contribution in [0, 0.1) is 0 Å². The quantitative estimate of drug-likeness (QED) is 0.134. The number of aromatic nitrogens is 2. The molecule has 0 bridgehead atoms. The summed E-state index contributed by atoms with van der Waals surface area (Å²) in [5.74, 6) is 0. The number of benzene rings is 9. The minimum atomic E-state index is -0.621. The first-order valence-corrected chi connectivity index (χ1v) is 27.7. The van der Waals surface area contributed by atoms with Crippen LogP contribution < -0.4 is 16.4 Å². The van der Waals surface area contributed by atoms with Gasteiger partial charge in [0.05, 0.1) is 21.9 Å². The molecule has 0 unspecified atom stereocenters. The predicted octanol–water partition coefficient (Wildman–Crippen LogP) is 15.6. The molecule has 11 aromatic rings. The molecule has 9 aromatic carbocycles. The summed E-state index contributed by atoms with van der Waals surface area (Å²) in [4.78, 5) is 0. The molecule has 17 rings (SSSR count). The number of hydrogen-bond acceptors (Lipinski definition) is 0. The van der Waals surface area contributed by atoms with E-state index >= 15 is 0 Å². The smallest absolute Gasteiger partial charge is 0.252 e. The molecule has 2 spiro atoms. The Morgan fingerprint density at radius 3 is 0.920 bits per heavy atom. The van der Waals surface area contributed by atoms with Crippen LogP contribution in [0.2, 0.25) is 0 Å². The summed E-state index contributed by atoms with van der Waals surface area (Å²) in [5.41, 5.74) is 33.2. The predicted molar refractivity (Wildman–Crippen MR) is 316 cm³/mol. The van der Waals surface area contributed by atoms with Gasteiger partial charge in [0.2, 0.25) is 0 Å². The van der Waals surface area contributed by atoms with E-state index in [2.05, 4.69) is 244 Å². The van der Waals surface area contributed by atoms with Gasteiger partial charge in [0, 0.05) is 44.0 Å². The minimum absolute atomic E-state index is 0.0254. The molecule has 75 heavy (non-hydrogen) atoms. The van der Waals surface area contributed by atoms with E-state index in [1.807, 2.05) is 0 Å². The summed E-state index contributed by atoms with van der Waals surface area (Å²) in [5, 5.41) is 5.74. The molecule has 6 heterocycles. The van der Waals surface area contributed by atoms with Crippen molar-refractivity contribution in [3.8, 4) is 33.6 Å². The molecule has 0 amide bonds. The van der Waals surface area contributed by atoms with E-state index in [0.29, 0.717) is 0 Å². The van der Waals surface area contributed by atoms with Gasteiger partial charge in [0.15, 0.2) is 0 Å². The molecule has 0 fully saturated rings. The summed E-state index contributed by atoms with van der Waals surface area (Å²) in [6.07, 6.45) is 0. The lowest BCUT2D eigenvalue weighted by Crippen LogP contribution is -2.61. The Kier molecular flexibility index (Phi) is 7.34. The van der Waals surface area contributed by atoms with E-state index in [1.165, 1.54) is 160 Å². The second-order valence-corrected chi connectivity index (χ2v) is 27.5. The fourth-order valence-electron chi connectivity index (χ4n) is 17.0. The molecule has 6 aliphatic rings. The Bertz CT molecular complexity index is 4200. The first kappa shape index (κ1) is 42.9. The van der Waals surface area contributed by atoms with Crippen molar-refractivity contribution in [2.45, 2.75) is 116 Å². The normalized spacial score (nSPS) is 16.2. The molecular formula is C72H61BN2. The summed E-state index contributed by atoms with van der Waals surface area (Å²) >= 11 is 0. The summed E-state index contributed by atoms with van der Waals surface area (Å²) in [6.45, 7) is 29.2. The van der Waals surface area contributed by atoms with Gasteiger partial charge < -0.3 is 9.13 Å². The molecule has 0 saturated heterocycles. The molecule has 0 N–H and O–H groups in total. The van der Waals surface area contributed by atoms with Gasteiger partial charge >= 0.3 is 0 Å². The molecule has 3 heteroatoms. The Labute approximate surface area is 441 Å². The van der Waals surface area contributed by atoms with Gasteiger partial charge in [-0.05, 0) is 133 Å². The zero-order chi connectivity index (χ0) is 51.2. The third-order valence-electron chi connectivity index (χ3n) is 19.6. The van der Waals surface area contributed by atoms with E-state index in [1.54, 1.807) is 0 Å². The lowest BCUT2D eigenvalue weighted by Gasteiger charge is -2.48. The first-order chi connectivity index (χ1) is 35.8. The lowest BCUT2D eigenvalue weighted by molar-refractivity contribution is 0.592. The molecular weight excluding hydrogens is 904 g/mol. The average molecular weight is 965 g/mol. The van der Waals surface area contributed by atoms with Crippen LogP contribution in [-0.2, 0) is 32.5 Å². The van der Waals surface area contributed by atoms with Crippen LogP contribution in [0.3, 0.4) is 0 Å². The summed E-state index contributed by atoms with van der Waals surface area (Å²) < 4.78 is 5.74. The Balaban J connectivity index is 1.22. The maximum atomic E-state index is 2.87. The number of hydrogen-bond donors (Lipinski definition) is 0. The zero-order valence-corrected chi connectivity index (χ0v) is 45.4. The van der Waals surface area contributed by atoms with Gasteiger partial charge in [0.25, 0.3) is 6.71 Å². The second kappa shape index (κ2) is 12.8. The van der Waals surface area contributed by atoms with Gasteiger partial charge in [-0.25, -0.2) is 0 Å². The second-order valence-electron chi connectivity index (χ2n) is 27.5. The van der Waals surface area contributed by atoms with Crippen molar-refractivity contribution in [2.24, 2.45) is 0 Å². The highest BCUT2D eigenvalue weighted by atomic mass is 15.1. The highest BCUT2D eigenvalue weighted by Crippen LogP contribution is 2.67. The average Bonchev–Trinajstić information content (AvgIpc) is 3.95.